The minimum atomic E-state index is -0.0412. The first-order valence-corrected chi connectivity index (χ1v) is 5.23. The van der Waals surface area contributed by atoms with E-state index in [0.29, 0.717) is 5.92 Å². The van der Waals surface area contributed by atoms with Crippen molar-refractivity contribution in [2.24, 2.45) is 23.7 Å². The summed E-state index contributed by atoms with van der Waals surface area (Å²) < 4.78 is 0. The third-order valence-electron chi connectivity index (χ3n) is 3.32. The highest BCUT2D eigenvalue weighted by Crippen LogP contribution is 2.44. The van der Waals surface area contributed by atoms with Gasteiger partial charge in [0.15, 0.2) is 5.78 Å². The number of ketones is 1. The third kappa shape index (κ3) is 2.01. The van der Waals surface area contributed by atoms with Gasteiger partial charge in [0.25, 0.3) is 0 Å². The molecule has 1 heteroatoms. The Kier molecular flexibility index (Phi) is 3.84. The maximum Gasteiger partial charge on any atom is 0.159 e. The van der Waals surface area contributed by atoms with E-state index in [1.165, 1.54) is 6.08 Å². The van der Waals surface area contributed by atoms with Gasteiger partial charge in [-0.1, -0.05) is 24.8 Å². The number of hydrogen-bond donors (Lipinski definition) is 0. The van der Waals surface area contributed by atoms with E-state index in [0.717, 1.165) is 6.42 Å². The van der Waals surface area contributed by atoms with E-state index in [2.05, 4.69) is 26.3 Å². The highest BCUT2D eigenvalue weighted by molar-refractivity contribution is 5.92. The predicted octanol–water partition coefficient (Wildman–Crippen LogP) is 3.17. The largest absolute Gasteiger partial charge is 0.295 e. The molecule has 1 nitrogen and oxygen atoms in total. The van der Waals surface area contributed by atoms with Gasteiger partial charge in [-0.25, -0.2) is 0 Å². The van der Waals surface area contributed by atoms with Gasteiger partial charge in [0, 0.05) is 5.92 Å². The van der Waals surface area contributed by atoms with Crippen LogP contribution in [-0.2, 0) is 4.79 Å². The molecule has 0 bridgehead atoms. The molecule has 1 fully saturated rings. The van der Waals surface area contributed by atoms with Crippen LogP contribution in [0.25, 0.3) is 0 Å². The minimum absolute atomic E-state index is 0.0412. The van der Waals surface area contributed by atoms with E-state index in [-0.39, 0.29) is 23.5 Å². The van der Waals surface area contributed by atoms with E-state index in [1.54, 1.807) is 0 Å². The van der Waals surface area contributed by atoms with E-state index < -0.39 is 0 Å². The Balaban J connectivity index is 3.01. The van der Waals surface area contributed by atoms with Gasteiger partial charge in [0.1, 0.15) is 0 Å². The Morgan fingerprint density at radius 3 is 2.00 bits per heavy atom. The van der Waals surface area contributed by atoms with Crippen molar-refractivity contribution in [1.82, 2.24) is 0 Å². The van der Waals surface area contributed by atoms with Gasteiger partial charge in [-0.15, -0.1) is 19.7 Å². The quantitative estimate of drug-likeness (QED) is 0.494. The molecule has 0 aromatic carbocycles. The second-order valence-electron chi connectivity index (χ2n) is 3.98. The summed E-state index contributed by atoms with van der Waals surface area (Å²) >= 11 is 0. The van der Waals surface area contributed by atoms with Crippen LogP contribution in [0.4, 0.5) is 0 Å². The van der Waals surface area contributed by atoms with Crippen molar-refractivity contribution in [3.05, 3.63) is 50.6 Å². The zero-order chi connectivity index (χ0) is 11.4. The predicted molar refractivity (Wildman–Crippen MR) is 64.4 cm³/mol. The van der Waals surface area contributed by atoms with Gasteiger partial charge in [-0.05, 0) is 30.3 Å². The molecular weight excluding hydrogens is 184 g/mol. The average Bonchev–Trinajstić information content (AvgIpc) is 2.65. The summed E-state index contributed by atoms with van der Waals surface area (Å²) in [7, 11) is 0. The van der Waals surface area contributed by atoms with Crippen LogP contribution in [0.15, 0.2) is 50.6 Å². The zero-order valence-corrected chi connectivity index (χ0v) is 9.06. The molecule has 0 aromatic heterocycles. The van der Waals surface area contributed by atoms with Crippen molar-refractivity contribution in [1.29, 1.82) is 0 Å². The van der Waals surface area contributed by atoms with Crippen LogP contribution in [0, 0.1) is 23.7 Å². The van der Waals surface area contributed by atoms with E-state index in [4.69, 9.17) is 0 Å². The number of hydrogen-bond acceptors (Lipinski definition) is 1. The molecule has 0 aliphatic heterocycles. The van der Waals surface area contributed by atoms with Crippen LogP contribution in [0.3, 0.4) is 0 Å². The maximum absolute atomic E-state index is 11.8. The lowest BCUT2D eigenvalue weighted by Gasteiger charge is -2.19. The number of carbonyl (C=O) groups is 1. The molecule has 4 atom stereocenters. The molecule has 15 heavy (non-hydrogen) atoms. The van der Waals surface area contributed by atoms with E-state index in [1.807, 2.05) is 18.2 Å². The van der Waals surface area contributed by atoms with Crippen molar-refractivity contribution in [2.45, 2.75) is 6.42 Å². The smallest absolute Gasteiger partial charge is 0.159 e. The monoisotopic (exact) mass is 202 g/mol. The number of rotatable bonds is 5. The van der Waals surface area contributed by atoms with Gasteiger partial charge in [-0.2, -0.15) is 0 Å². The summed E-state index contributed by atoms with van der Waals surface area (Å²) in [6.45, 7) is 15.0. The SMILES string of the molecule is C=CC(=O)C1C(C=C)CC(C=C)C1C=C. The normalized spacial score (nSPS) is 34.4. The average molecular weight is 202 g/mol. The van der Waals surface area contributed by atoms with Crippen molar-refractivity contribution in [3.63, 3.8) is 0 Å². The lowest BCUT2D eigenvalue weighted by Crippen LogP contribution is -2.22. The van der Waals surface area contributed by atoms with Crippen molar-refractivity contribution < 1.29 is 4.79 Å². The van der Waals surface area contributed by atoms with Gasteiger partial charge in [0.05, 0.1) is 0 Å². The summed E-state index contributed by atoms with van der Waals surface area (Å²) in [6.07, 6.45) is 7.99. The zero-order valence-electron chi connectivity index (χ0n) is 9.06. The lowest BCUT2D eigenvalue weighted by atomic mass is 9.84. The molecular formula is C14H18O. The number of carbonyl (C=O) groups excluding carboxylic acids is 1. The highest BCUT2D eigenvalue weighted by Gasteiger charge is 2.41. The van der Waals surface area contributed by atoms with Gasteiger partial charge in [-0.3, -0.25) is 4.79 Å². The fourth-order valence-electron chi connectivity index (χ4n) is 2.52. The molecule has 0 saturated heterocycles. The summed E-state index contributed by atoms with van der Waals surface area (Å²) in [5, 5.41) is 0. The molecule has 0 radical (unpaired) electrons. The molecule has 1 rings (SSSR count). The van der Waals surface area contributed by atoms with Gasteiger partial charge in [0.2, 0.25) is 0 Å². The Hall–Kier alpha value is -1.37. The summed E-state index contributed by atoms with van der Waals surface area (Å²) in [5.74, 6) is 0.784. The molecule has 0 amide bonds. The van der Waals surface area contributed by atoms with Gasteiger partial charge < -0.3 is 0 Å². The molecule has 1 saturated carbocycles. The molecule has 0 N–H and O–H groups in total. The first-order valence-electron chi connectivity index (χ1n) is 5.23. The van der Waals surface area contributed by atoms with E-state index >= 15 is 0 Å². The molecule has 1 aliphatic carbocycles. The van der Waals surface area contributed by atoms with E-state index in [9.17, 15) is 4.79 Å². The molecule has 0 spiro atoms. The van der Waals surface area contributed by atoms with Crippen LogP contribution in [-0.4, -0.2) is 5.78 Å². The summed E-state index contributed by atoms with van der Waals surface area (Å²) in [5.41, 5.74) is 0. The minimum Gasteiger partial charge on any atom is -0.295 e. The molecule has 4 unspecified atom stereocenters. The fraction of sp³-hybridized carbons (Fsp3) is 0.357. The molecule has 0 heterocycles. The molecule has 80 valence electrons. The second-order valence-corrected chi connectivity index (χ2v) is 3.98. The van der Waals surface area contributed by atoms with Crippen LogP contribution in [0.2, 0.25) is 0 Å². The lowest BCUT2D eigenvalue weighted by molar-refractivity contribution is -0.119. The molecule has 1 aliphatic rings. The summed E-state index contributed by atoms with van der Waals surface area (Å²) in [4.78, 5) is 11.8. The third-order valence-corrected chi connectivity index (χ3v) is 3.32. The fourth-order valence-corrected chi connectivity index (χ4v) is 2.52. The van der Waals surface area contributed by atoms with Crippen LogP contribution < -0.4 is 0 Å². The van der Waals surface area contributed by atoms with Crippen molar-refractivity contribution in [2.75, 3.05) is 0 Å². The van der Waals surface area contributed by atoms with Gasteiger partial charge >= 0.3 is 0 Å². The van der Waals surface area contributed by atoms with Crippen molar-refractivity contribution in [3.8, 4) is 0 Å². The van der Waals surface area contributed by atoms with Crippen LogP contribution in [0.1, 0.15) is 6.42 Å². The Morgan fingerprint density at radius 2 is 1.60 bits per heavy atom. The summed E-state index contributed by atoms with van der Waals surface area (Å²) in [6, 6.07) is 0. The first-order chi connectivity index (χ1) is 7.19. The molecule has 0 aromatic rings. The second kappa shape index (κ2) is 4.92. The van der Waals surface area contributed by atoms with Crippen LogP contribution in [0.5, 0.6) is 0 Å². The highest BCUT2D eigenvalue weighted by atomic mass is 16.1. The first kappa shape index (κ1) is 11.7. The standard InChI is InChI=1S/C14H18O/c1-5-10-9-11(6-2)14(12(10)7-3)13(15)8-4/h5-8,10-12,14H,1-4,9H2. The Bertz CT molecular complexity index is 300. The topological polar surface area (TPSA) is 17.1 Å². The van der Waals surface area contributed by atoms with Crippen LogP contribution >= 0.6 is 0 Å². The Morgan fingerprint density at radius 1 is 1.00 bits per heavy atom. The Labute approximate surface area is 91.9 Å². The maximum atomic E-state index is 11.8. The van der Waals surface area contributed by atoms with Crippen molar-refractivity contribution >= 4 is 5.78 Å². The number of allylic oxidation sites excluding steroid dienone is 4.